The van der Waals surface area contributed by atoms with Crippen molar-refractivity contribution in [3.8, 4) is 5.82 Å². The fraction of sp³-hybridized carbons (Fsp3) is 0.167. The van der Waals surface area contributed by atoms with E-state index in [2.05, 4.69) is 4.98 Å². The Labute approximate surface area is 113 Å². The van der Waals surface area contributed by atoms with Gasteiger partial charge in [-0.15, -0.1) is 0 Å². The monoisotopic (exact) mass is 308 g/mol. The van der Waals surface area contributed by atoms with Gasteiger partial charge in [-0.3, -0.25) is 9.36 Å². The van der Waals surface area contributed by atoms with Gasteiger partial charge >= 0.3 is 12.4 Å². The summed E-state index contributed by atoms with van der Waals surface area (Å²) < 4.78 is 75.3. The first-order chi connectivity index (χ1) is 9.59. The maximum Gasteiger partial charge on any atom is 0.417 e. The van der Waals surface area contributed by atoms with E-state index in [1.165, 1.54) is 0 Å². The number of hydrogen-bond donors (Lipinski definition) is 0. The molecule has 2 aromatic rings. The number of aromatic nitrogens is 2. The number of alkyl halides is 6. The van der Waals surface area contributed by atoms with Crippen molar-refractivity contribution in [2.24, 2.45) is 0 Å². The zero-order chi connectivity index (χ0) is 15.8. The van der Waals surface area contributed by atoms with E-state index in [0.717, 1.165) is 6.07 Å². The van der Waals surface area contributed by atoms with Crippen molar-refractivity contribution in [3.63, 3.8) is 0 Å². The molecular weight excluding hydrogens is 302 g/mol. The molecule has 112 valence electrons. The van der Waals surface area contributed by atoms with Crippen molar-refractivity contribution in [1.82, 2.24) is 9.55 Å². The van der Waals surface area contributed by atoms with Crippen LogP contribution in [0.25, 0.3) is 5.82 Å². The van der Waals surface area contributed by atoms with E-state index >= 15 is 0 Å². The Balaban J connectivity index is 2.49. The summed E-state index contributed by atoms with van der Waals surface area (Å²) in [5.74, 6) is -0.334. The normalized spacial score (nSPS) is 12.5. The second-order valence-electron chi connectivity index (χ2n) is 4.03. The molecule has 0 radical (unpaired) electrons. The first-order valence-corrected chi connectivity index (χ1v) is 5.42. The van der Waals surface area contributed by atoms with Crippen LogP contribution in [-0.2, 0) is 12.4 Å². The van der Waals surface area contributed by atoms with Crippen molar-refractivity contribution in [1.29, 1.82) is 0 Å². The second-order valence-corrected chi connectivity index (χ2v) is 4.03. The molecule has 0 aliphatic rings. The van der Waals surface area contributed by atoms with Crippen LogP contribution in [0.15, 0.2) is 41.5 Å². The van der Waals surface area contributed by atoms with Crippen LogP contribution in [0, 0.1) is 0 Å². The Kier molecular flexibility index (Phi) is 3.52. The van der Waals surface area contributed by atoms with Crippen LogP contribution < -0.4 is 5.56 Å². The lowest BCUT2D eigenvalue weighted by Crippen LogP contribution is -2.21. The van der Waals surface area contributed by atoms with Crippen LogP contribution in [0.2, 0.25) is 0 Å². The SMILES string of the molecule is O=c1ccc(C(F)(F)F)cn1-c1ccc(C(F)(F)F)cn1. The topological polar surface area (TPSA) is 34.9 Å². The predicted molar refractivity (Wildman–Crippen MR) is 59.8 cm³/mol. The summed E-state index contributed by atoms with van der Waals surface area (Å²) in [6.07, 6.45) is -8.37. The van der Waals surface area contributed by atoms with Crippen molar-refractivity contribution >= 4 is 0 Å². The molecule has 0 aliphatic heterocycles. The van der Waals surface area contributed by atoms with E-state index in [1.54, 1.807) is 0 Å². The Hall–Kier alpha value is -2.32. The molecule has 2 aromatic heterocycles. The summed E-state index contributed by atoms with van der Waals surface area (Å²) in [5.41, 5.74) is -3.01. The third-order valence-corrected chi connectivity index (χ3v) is 2.56. The van der Waals surface area contributed by atoms with Gasteiger partial charge in [-0.1, -0.05) is 0 Å². The van der Waals surface area contributed by atoms with Crippen LogP contribution >= 0.6 is 0 Å². The molecule has 0 aliphatic carbocycles. The minimum atomic E-state index is -4.68. The molecule has 2 heterocycles. The average Bonchev–Trinajstić information content (AvgIpc) is 2.37. The maximum absolute atomic E-state index is 12.6. The standard InChI is InChI=1S/C12H6F6N2O/c13-11(14,15)7-1-3-9(19-5-7)20-6-8(12(16,17)18)2-4-10(20)21/h1-6H. The highest BCUT2D eigenvalue weighted by molar-refractivity contribution is 5.29. The van der Waals surface area contributed by atoms with Gasteiger partial charge in [0.1, 0.15) is 5.82 Å². The lowest BCUT2D eigenvalue weighted by atomic mass is 10.2. The average molecular weight is 308 g/mol. The third-order valence-electron chi connectivity index (χ3n) is 2.56. The zero-order valence-corrected chi connectivity index (χ0v) is 10.0. The highest BCUT2D eigenvalue weighted by Gasteiger charge is 2.32. The molecule has 0 aromatic carbocycles. The number of pyridine rings is 2. The summed E-state index contributed by atoms with van der Waals surface area (Å²) in [6.45, 7) is 0. The molecule has 0 unspecified atom stereocenters. The summed E-state index contributed by atoms with van der Waals surface area (Å²) in [4.78, 5) is 14.9. The quantitative estimate of drug-likeness (QED) is 0.758. The first-order valence-electron chi connectivity index (χ1n) is 5.42. The maximum atomic E-state index is 12.6. The molecule has 9 heteroatoms. The fourth-order valence-electron chi connectivity index (χ4n) is 1.53. The molecule has 2 rings (SSSR count). The number of rotatable bonds is 1. The van der Waals surface area contributed by atoms with Crippen LogP contribution in [0.4, 0.5) is 26.3 Å². The van der Waals surface area contributed by atoms with E-state index in [0.29, 0.717) is 35.2 Å². The Morgan fingerprint density at radius 1 is 0.857 bits per heavy atom. The molecule has 0 atom stereocenters. The van der Waals surface area contributed by atoms with Gasteiger partial charge in [0, 0.05) is 18.5 Å². The van der Waals surface area contributed by atoms with Crippen LogP contribution in [0.1, 0.15) is 11.1 Å². The second kappa shape index (κ2) is 4.90. The summed E-state index contributed by atoms with van der Waals surface area (Å²) in [7, 11) is 0. The zero-order valence-electron chi connectivity index (χ0n) is 10.0. The molecular formula is C12H6F6N2O. The lowest BCUT2D eigenvalue weighted by molar-refractivity contribution is -0.138. The minimum absolute atomic E-state index is 0.334. The van der Waals surface area contributed by atoms with Crippen LogP contribution in [0.3, 0.4) is 0 Å². The highest BCUT2D eigenvalue weighted by Crippen LogP contribution is 2.30. The molecule has 0 spiro atoms. The molecule has 0 amide bonds. The number of nitrogens with zero attached hydrogens (tertiary/aromatic N) is 2. The van der Waals surface area contributed by atoms with Crippen LogP contribution in [-0.4, -0.2) is 9.55 Å². The van der Waals surface area contributed by atoms with Gasteiger partial charge < -0.3 is 0 Å². The van der Waals surface area contributed by atoms with Crippen molar-refractivity contribution in [3.05, 3.63) is 58.1 Å². The molecule has 0 saturated heterocycles. The molecule has 0 fully saturated rings. The number of halogens is 6. The molecule has 0 saturated carbocycles. The summed E-state index contributed by atoms with van der Waals surface area (Å²) in [5, 5.41) is 0. The van der Waals surface area contributed by atoms with Gasteiger partial charge in [-0.05, 0) is 18.2 Å². The van der Waals surface area contributed by atoms with Gasteiger partial charge in [-0.25, -0.2) is 4.98 Å². The highest BCUT2D eigenvalue weighted by atomic mass is 19.4. The van der Waals surface area contributed by atoms with E-state index in [-0.39, 0.29) is 5.82 Å². The third kappa shape index (κ3) is 3.23. The van der Waals surface area contributed by atoms with E-state index < -0.39 is 29.0 Å². The Morgan fingerprint density at radius 2 is 1.43 bits per heavy atom. The first kappa shape index (κ1) is 15.1. The molecule has 3 nitrogen and oxygen atoms in total. The van der Waals surface area contributed by atoms with E-state index in [4.69, 9.17) is 0 Å². The Bertz CT molecular complexity index is 699. The Morgan fingerprint density at radius 3 is 1.90 bits per heavy atom. The van der Waals surface area contributed by atoms with Crippen molar-refractivity contribution in [2.75, 3.05) is 0 Å². The van der Waals surface area contributed by atoms with E-state index in [9.17, 15) is 31.1 Å². The van der Waals surface area contributed by atoms with Crippen molar-refractivity contribution in [2.45, 2.75) is 12.4 Å². The lowest BCUT2D eigenvalue weighted by Gasteiger charge is -2.11. The van der Waals surface area contributed by atoms with Crippen LogP contribution in [0.5, 0.6) is 0 Å². The van der Waals surface area contributed by atoms with Gasteiger partial charge in [0.05, 0.1) is 11.1 Å². The summed E-state index contributed by atoms with van der Waals surface area (Å²) in [6, 6.07) is 2.71. The predicted octanol–water partition coefficient (Wildman–Crippen LogP) is 3.27. The van der Waals surface area contributed by atoms with Crippen molar-refractivity contribution < 1.29 is 26.3 Å². The largest absolute Gasteiger partial charge is 0.417 e. The van der Waals surface area contributed by atoms with E-state index in [1.807, 2.05) is 0 Å². The molecule has 0 N–H and O–H groups in total. The van der Waals surface area contributed by atoms with Gasteiger partial charge in [-0.2, -0.15) is 26.3 Å². The summed E-state index contributed by atoms with van der Waals surface area (Å²) >= 11 is 0. The fourth-order valence-corrected chi connectivity index (χ4v) is 1.53. The minimum Gasteiger partial charge on any atom is -0.269 e. The van der Waals surface area contributed by atoms with Gasteiger partial charge in [0.25, 0.3) is 5.56 Å². The molecule has 0 bridgehead atoms. The van der Waals surface area contributed by atoms with Gasteiger partial charge in [0.15, 0.2) is 0 Å². The number of hydrogen-bond acceptors (Lipinski definition) is 2. The van der Waals surface area contributed by atoms with Gasteiger partial charge in [0.2, 0.25) is 0 Å². The molecule has 21 heavy (non-hydrogen) atoms. The smallest absolute Gasteiger partial charge is 0.269 e.